The number of anilines is 1. The molecule has 0 N–H and O–H groups in total. The number of hydrogen-bond acceptors (Lipinski definition) is 5. The van der Waals surface area contributed by atoms with E-state index < -0.39 is 0 Å². The molecule has 4 rings (SSSR count). The van der Waals surface area contributed by atoms with Crippen molar-refractivity contribution in [3.05, 3.63) is 65.5 Å². The summed E-state index contributed by atoms with van der Waals surface area (Å²) >= 11 is 6.04. The molecular weight excluding hydrogens is 348 g/mol. The summed E-state index contributed by atoms with van der Waals surface area (Å²) in [7, 11) is 0. The zero-order valence-corrected chi connectivity index (χ0v) is 15.3. The number of hydrogen-bond donors (Lipinski definition) is 0. The van der Waals surface area contributed by atoms with E-state index in [2.05, 4.69) is 50.3 Å². The fraction of sp³-hybridized carbons (Fsp3) is 0.300. The molecule has 2 heterocycles. The van der Waals surface area contributed by atoms with Gasteiger partial charge in [0.25, 0.3) is 0 Å². The third kappa shape index (κ3) is 4.06. The molecule has 0 amide bonds. The zero-order valence-electron chi connectivity index (χ0n) is 14.5. The van der Waals surface area contributed by atoms with Gasteiger partial charge in [0.1, 0.15) is 0 Å². The van der Waals surface area contributed by atoms with E-state index in [1.807, 2.05) is 24.3 Å². The quantitative estimate of drug-likeness (QED) is 0.693. The van der Waals surface area contributed by atoms with Crippen LogP contribution in [-0.2, 0) is 6.54 Å². The van der Waals surface area contributed by atoms with Gasteiger partial charge in [0.2, 0.25) is 11.7 Å². The number of rotatable bonds is 4. The Labute approximate surface area is 158 Å². The fourth-order valence-electron chi connectivity index (χ4n) is 3.28. The largest absolute Gasteiger partial charge is 0.370 e. The molecular formula is C20H21ClN4O. The molecule has 3 aromatic rings. The standard InChI is InChI=1S/C20H21ClN4O/c21-17-7-4-6-16(14-17)20-22-19(26-23-20)15-24-10-5-11-25(13-12-24)18-8-2-1-3-9-18/h1-4,6-9,14H,5,10-13,15H2. The van der Waals surface area contributed by atoms with E-state index in [1.165, 1.54) is 5.69 Å². The van der Waals surface area contributed by atoms with Gasteiger partial charge in [-0.05, 0) is 30.7 Å². The van der Waals surface area contributed by atoms with Crippen molar-refractivity contribution in [1.29, 1.82) is 0 Å². The Bertz CT molecular complexity index is 852. The van der Waals surface area contributed by atoms with Crippen molar-refractivity contribution in [3.63, 3.8) is 0 Å². The van der Waals surface area contributed by atoms with Crippen LogP contribution in [0.25, 0.3) is 11.4 Å². The molecule has 1 fully saturated rings. The molecule has 6 heteroatoms. The molecule has 0 aliphatic carbocycles. The Hall–Kier alpha value is -2.37. The van der Waals surface area contributed by atoms with Gasteiger partial charge >= 0.3 is 0 Å². The van der Waals surface area contributed by atoms with Crippen LogP contribution in [0.4, 0.5) is 5.69 Å². The van der Waals surface area contributed by atoms with Crippen molar-refractivity contribution in [3.8, 4) is 11.4 Å². The first-order valence-corrected chi connectivity index (χ1v) is 9.26. The van der Waals surface area contributed by atoms with Crippen molar-refractivity contribution in [1.82, 2.24) is 15.0 Å². The summed E-state index contributed by atoms with van der Waals surface area (Å²) in [6.07, 6.45) is 1.12. The minimum Gasteiger partial charge on any atom is -0.370 e. The Kier molecular flexibility index (Phi) is 5.18. The van der Waals surface area contributed by atoms with Crippen molar-refractivity contribution in [2.45, 2.75) is 13.0 Å². The van der Waals surface area contributed by atoms with Crippen LogP contribution in [0.1, 0.15) is 12.3 Å². The average Bonchev–Trinajstić information content (AvgIpc) is 3.01. The molecule has 0 radical (unpaired) electrons. The van der Waals surface area contributed by atoms with Crippen LogP contribution in [0.15, 0.2) is 59.1 Å². The van der Waals surface area contributed by atoms with Crippen LogP contribution in [0.5, 0.6) is 0 Å². The van der Waals surface area contributed by atoms with Gasteiger partial charge in [-0.1, -0.05) is 47.1 Å². The van der Waals surface area contributed by atoms with Gasteiger partial charge in [0, 0.05) is 42.5 Å². The van der Waals surface area contributed by atoms with E-state index in [-0.39, 0.29) is 0 Å². The van der Waals surface area contributed by atoms with Crippen molar-refractivity contribution >= 4 is 17.3 Å². The lowest BCUT2D eigenvalue weighted by atomic mass is 10.2. The van der Waals surface area contributed by atoms with Gasteiger partial charge in [-0.25, -0.2) is 0 Å². The molecule has 0 saturated carbocycles. The molecule has 134 valence electrons. The highest BCUT2D eigenvalue weighted by Crippen LogP contribution is 2.21. The summed E-state index contributed by atoms with van der Waals surface area (Å²) < 4.78 is 5.45. The summed E-state index contributed by atoms with van der Waals surface area (Å²) in [5.41, 5.74) is 2.16. The Morgan fingerprint density at radius 2 is 1.85 bits per heavy atom. The summed E-state index contributed by atoms with van der Waals surface area (Å²) in [6.45, 7) is 4.75. The first-order valence-electron chi connectivity index (χ1n) is 8.89. The Balaban J connectivity index is 1.39. The van der Waals surface area contributed by atoms with E-state index in [9.17, 15) is 0 Å². The predicted octanol–water partition coefficient (Wildman–Crippen LogP) is 4.10. The van der Waals surface area contributed by atoms with Gasteiger partial charge in [-0.3, -0.25) is 4.90 Å². The van der Waals surface area contributed by atoms with Gasteiger partial charge in [0.15, 0.2) is 0 Å². The maximum atomic E-state index is 6.04. The highest BCUT2D eigenvalue weighted by Gasteiger charge is 2.18. The monoisotopic (exact) mass is 368 g/mol. The molecule has 0 atom stereocenters. The van der Waals surface area contributed by atoms with E-state index in [0.717, 1.165) is 38.2 Å². The highest BCUT2D eigenvalue weighted by atomic mass is 35.5. The molecule has 26 heavy (non-hydrogen) atoms. The molecule has 1 aliphatic rings. The molecule has 1 aromatic heterocycles. The number of benzene rings is 2. The van der Waals surface area contributed by atoms with Gasteiger partial charge in [-0.15, -0.1) is 0 Å². The summed E-state index contributed by atoms with van der Waals surface area (Å²) in [6, 6.07) is 18.1. The van der Waals surface area contributed by atoms with Crippen molar-refractivity contribution in [2.75, 3.05) is 31.1 Å². The zero-order chi connectivity index (χ0) is 17.8. The molecule has 5 nitrogen and oxygen atoms in total. The maximum absolute atomic E-state index is 6.04. The Morgan fingerprint density at radius 3 is 2.69 bits per heavy atom. The lowest BCUT2D eigenvalue weighted by molar-refractivity contribution is 0.239. The van der Waals surface area contributed by atoms with E-state index >= 15 is 0 Å². The number of halogens is 1. The van der Waals surface area contributed by atoms with Crippen LogP contribution < -0.4 is 4.90 Å². The number of para-hydroxylation sites is 1. The lowest BCUT2D eigenvalue weighted by Crippen LogP contribution is -2.30. The molecule has 1 aliphatic heterocycles. The molecule has 0 spiro atoms. The molecule has 0 unspecified atom stereocenters. The summed E-state index contributed by atoms with van der Waals surface area (Å²) in [4.78, 5) is 9.34. The van der Waals surface area contributed by atoms with E-state index in [1.54, 1.807) is 0 Å². The van der Waals surface area contributed by atoms with Gasteiger partial charge < -0.3 is 9.42 Å². The second kappa shape index (κ2) is 7.89. The van der Waals surface area contributed by atoms with E-state index in [4.69, 9.17) is 16.1 Å². The van der Waals surface area contributed by atoms with Crippen LogP contribution >= 0.6 is 11.6 Å². The minimum atomic E-state index is 0.586. The molecule has 0 bridgehead atoms. The average molecular weight is 369 g/mol. The van der Waals surface area contributed by atoms with Gasteiger partial charge in [-0.2, -0.15) is 4.98 Å². The summed E-state index contributed by atoms with van der Waals surface area (Å²) in [5, 5.41) is 4.77. The third-order valence-corrected chi connectivity index (χ3v) is 4.85. The Morgan fingerprint density at radius 1 is 0.962 bits per heavy atom. The number of nitrogens with zero attached hydrogens (tertiary/aromatic N) is 4. The summed E-state index contributed by atoms with van der Waals surface area (Å²) in [5.74, 6) is 1.23. The molecule has 2 aromatic carbocycles. The van der Waals surface area contributed by atoms with Crippen molar-refractivity contribution < 1.29 is 4.52 Å². The highest BCUT2D eigenvalue weighted by molar-refractivity contribution is 6.30. The second-order valence-electron chi connectivity index (χ2n) is 6.47. The van der Waals surface area contributed by atoms with Crippen molar-refractivity contribution in [2.24, 2.45) is 0 Å². The third-order valence-electron chi connectivity index (χ3n) is 4.62. The maximum Gasteiger partial charge on any atom is 0.241 e. The number of aromatic nitrogens is 2. The second-order valence-corrected chi connectivity index (χ2v) is 6.91. The normalized spacial score (nSPS) is 15.8. The van der Waals surface area contributed by atoms with E-state index in [0.29, 0.717) is 23.3 Å². The fourth-order valence-corrected chi connectivity index (χ4v) is 3.47. The van der Waals surface area contributed by atoms with Crippen LogP contribution in [-0.4, -0.2) is 41.2 Å². The van der Waals surface area contributed by atoms with Crippen LogP contribution in [0, 0.1) is 0 Å². The predicted molar refractivity (Wildman–Crippen MR) is 103 cm³/mol. The SMILES string of the molecule is Clc1cccc(-c2noc(CN3CCCN(c4ccccc4)CC3)n2)c1. The first-order chi connectivity index (χ1) is 12.8. The molecule has 1 saturated heterocycles. The first kappa shape index (κ1) is 17.1. The van der Waals surface area contributed by atoms with Crippen LogP contribution in [0.2, 0.25) is 5.02 Å². The smallest absolute Gasteiger partial charge is 0.241 e. The van der Waals surface area contributed by atoms with Gasteiger partial charge in [0.05, 0.1) is 6.54 Å². The minimum absolute atomic E-state index is 0.586. The lowest BCUT2D eigenvalue weighted by Gasteiger charge is -2.23. The topological polar surface area (TPSA) is 45.4 Å². The van der Waals surface area contributed by atoms with Crippen LogP contribution in [0.3, 0.4) is 0 Å².